The average Bonchev–Trinajstić information content (AvgIpc) is 3.20. The second-order valence-electron chi connectivity index (χ2n) is 6.44. The van der Waals surface area contributed by atoms with E-state index in [1.165, 1.54) is 12.3 Å². The van der Waals surface area contributed by atoms with E-state index < -0.39 is 24.4 Å². The number of anilines is 2. The number of amides is 2. The van der Waals surface area contributed by atoms with Gasteiger partial charge in [-0.1, -0.05) is 0 Å². The van der Waals surface area contributed by atoms with Gasteiger partial charge in [0.15, 0.2) is 6.61 Å². The Balaban J connectivity index is 1.60. The molecule has 0 aliphatic rings. The largest absolute Gasteiger partial charge is 0.494 e. The summed E-state index contributed by atoms with van der Waals surface area (Å²) >= 11 is 0. The number of rotatable bonds is 8. The number of imide groups is 1. The van der Waals surface area contributed by atoms with Crippen molar-refractivity contribution in [2.45, 2.75) is 6.92 Å². The van der Waals surface area contributed by atoms with Crippen LogP contribution < -0.4 is 15.4 Å². The second kappa shape index (κ2) is 10.1. The average molecular weight is 422 g/mol. The van der Waals surface area contributed by atoms with Gasteiger partial charge in [0.05, 0.1) is 6.61 Å². The highest BCUT2D eigenvalue weighted by molar-refractivity contribution is 6.05. The molecule has 0 unspecified atom stereocenters. The topological polar surface area (TPSA) is 112 Å². The Hall–Kier alpha value is -4.14. The van der Waals surface area contributed by atoms with Gasteiger partial charge in [-0.2, -0.15) is 0 Å². The molecule has 31 heavy (non-hydrogen) atoms. The summed E-state index contributed by atoms with van der Waals surface area (Å²) in [5.74, 6) is -1.05. The molecule has 3 rings (SSSR count). The van der Waals surface area contributed by atoms with Crippen molar-refractivity contribution >= 4 is 29.3 Å². The molecule has 1 aromatic carbocycles. The molecule has 2 heterocycles. The molecule has 2 amide bonds. The molecule has 2 aromatic heterocycles. The van der Waals surface area contributed by atoms with Gasteiger partial charge in [-0.15, -0.1) is 0 Å². The van der Waals surface area contributed by atoms with Crippen LogP contribution in [-0.2, 0) is 16.6 Å². The van der Waals surface area contributed by atoms with Crippen LogP contribution in [0.25, 0.3) is 0 Å². The highest BCUT2D eigenvalue weighted by Crippen LogP contribution is 2.21. The Labute approximate surface area is 179 Å². The molecular formula is C22H22N4O5. The molecular weight excluding hydrogens is 400 g/mol. The Kier molecular flexibility index (Phi) is 7.00. The van der Waals surface area contributed by atoms with Gasteiger partial charge in [-0.25, -0.2) is 9.78 Å². The van der Waals surface area contributed by atoms with E-state index in [2.05, 4.69) is 15.6 Å². The monoisotopic (exact) mass is 422 g/mol. The minimum Gasteiger partial charge on any atom is -0.494 e. The number of hydrogen-bond donors (Lipinski definition) is 2. The molecule has 160 valence electrons. The van der Waals surface area contributed by atoms with Crippen molar-refractivity contribution in [1.29, 1.82) is 0 Å². The lowest BCUT2D eigenvalue weighted by Gasteiger charge is -2.11. The lowest BCUT2D eigenvalue weighted by atomic mass is 10.2. The summed E-state index contributed by atoms with van der Waals surface area (Å²) < 4.78 is 12.0. The van der Waals surface area contributed by atoms with Gasteiger partial charge in [0.25, 0.3) is 11.8 Å². The number of carbonyl (C=O) groups excluding carboxylic acids is 3. The number of ether oxygens (including phenoxy) is 2. The zero-order chi connectivity index (χ0) is 22.2. The van der Waals surface area contributed by atoms with E-state index in [1.807, 2.05) is 6.92 Å². The Bertz CT molecular complexity index is 1080. The summed E-state index contributed by atoms with van der Waals surface area (Å²) in [6, 6.07) is 13.5. The Morgan fingerprint density at radius 3 is 2.52 bits per heavy atom. The van der Waals surface area contributed by atoms with E-state index in [0.717, 1.165) is 5.75 Å². The number of aromatic nitrogens is 2. The van der Waals surface area contributed by atoms with Crippen LogP contribution in [0.5, 0.6) is 5.75 Å². The van der Waals surface area contributed by atoms with Crippen molar-refractivity contribution in [3.63, 3.8) is 0 Å². The summed E-state index contributed by atoms with van der Waals surface area (Å²) in [5.41, 5.74) is 1.16. The third-order valence-corrected chi connectivity index (χ3v) is 4.22. The van der Waals surface area contributed by atoms with Crippen LogP contribution in [0.3, 0.4) is 0 Å². The van der Waals surface area contributed by atoms with Crippen LogP contribution in [0.1, 0.15) is 27.8 Å². The van der Waals surface area contributed by atoms with Gasteiger partial charge in [-0.3, -0.25) is 14.9 Å². The number of hydrogen-bond acceptors (Lipinski definition) is 7. The number of carbonyl (C=O) groups is 3. The van der Waals surface area contributed by atoms with Gasteiger partial charge in [0, 0.05) is 25.1 Å². The molecule has 2 N–H and O–H groups in total. The number of nitrogens with zero attached hydrogens (tertiary/aromatic N) is 2. The molecule has 0 fully saturated rings. The highest BCUT2D eigenvalue weighted by atomic mass is 16.5. The normalized spacial score (nSPS) is 10.3. The fourth-order valence-corrected chi connectivity index (χ4v) is 2.74. The summed E-state index contributed by atoms with van der Waals surface area (Å²) in [6.07, 6.45) is 3.21. The third-order valence-electron chi connectivity index (χ3n) is 4.22. The SMILES string of the molecule is CCOc1ccc(Nc2ncccc2C(=O)OCC(=O)NC(=O)c2cccn2C)cc1. The fraction of sp³-hybridized carbons (Fsp3) is 0.182. The van der Waals surface area contributed by atoms with Crippen LogP contribution in [0, 0.1) is 0 Å². The quantitative estimate of drug-likeness (QED) is 0.537. The number of benzene rings is 1. The first-order valence-corrected chi connectivity index (χ1v) is 9.55. The first kappa shape index (κ1) is 21.6. The maximum absolute atomic E-state index is 12.5. The molecule has 0 spiro atoms. The highest BCUT2D eigenvalue weighted by Gasteiger charge is 2.18. The van der Waals surface area contributed by atoms with Crippen LogP contribution in [0.2, 0.25) is 0 Å². The van der Waals surface area contributed by atoms with Crippen LogP contribution >= 0.6 is 0 Å². The van der Waals surface area contributed by atoms with Gasteiger partial charge >= 0.3 is 5.97 Å². The van der Waals surface area contributed by atoms with Crippen LogP contribution in [0.4, 0.5) is 11.5 Å². The first-order valence-electron chi connectivity index (χ1n) is 9.55. The second-order valence-corrected chi connectivity index (χ2v) is 6.44. The maximum Gasteiger partial charge on any atom is 0.342 e. The van der Waals surface area contributed by atoms with Crippen LogP contribution in [-0.4, -0.2) is 40.5 Å². The van der Waals surface area contributed by atoms with Crippen molar-refractivity contribution < 1.29 is 23.9 Å². The number of aryl methyl sites for hydroxylation is 1. The van der Waals surface area contributed by atoms with Gasteiger partial charge in [0.2, 0.25) is 0 Å². The molecule has 0 atom stereocenters. The third kappa shape index (κ3) is 5.69. The van der Waals surface area contributed by atoms with Gasteiger partial charge < -0.3 is 19.4 Å². The lowest BCUT2D eigenvalue weighted by molar-refractivity contribution is -0.123. The van der Waals surface area contributed by atoms with E-state index in [9.17, 15) is 14.4 Å². The molecule has 0 saturated heterocycles. The van der Waals surface area contributed by atoms with Gasteiger partial charge in [0.1, 0.15) is 22.8 Å². The van der Waals surface area contributed by atoms with E-state index in [4.69, 9.17) is 9.47 Å². The summed E-state index contributed by atoms with van der Waals surface area (Å²) in [5, 5.41) is 5.22. The van der Waals surface area contributed by atoms with Crippen molar-refractivity contribution in [2.24, 2.45) is 7.05 Å². The minimum absolute atomic E-state index is 0.151. The van der Waals surface area contributed by atoms with Crippen molar-refractivity contribution in [1.82, 2.24) is 14.9 Å². The smallest absolute Gasteiger partial charge is 0.342 e. The number of nitrogens with one attached hydrogen (secondary N) is 2. The zero-order valence-electron chi connectivity index (χ0n) is 17.1. The Morgan fingerprint density at radius 1 is 1.06 bits per heavy atom. The van der Waals surface area contributed by atoms with Crippen molar-refractivity contribution in [3.8, 4) is 5.75 Å². The van der Waals surface area contributed by atoms with E-state index in [0.29, 0.717) is 18.0 Å². The van der Waals surface area contributed by atoms with Gasteiger partial charge in [-0.05, 0) is 55.5 Å². The summed E-state index contributed by atoms with van der Waals surface area (Å²) in [4.78, 5) is 40.7. The van der Waals surface area contributed by atoms with E-state index >= 15 is 0 Å². The molecule has 9 nitrogen and oxygen atoms in total. The Morgan fingerprint density at radius 2 is 1.84 bits per heavy atom. The summed E-state index contributed by atoms with van der Waals surface area (Å²) in [7, 11) is 1.68. The molecule has 3 aromatic rings. The number of esters is 1. The first-order chi connectivity index (χ1) is 15.0. The van der Waals surface area contributed by atoms with Crippen molar-refractivity contribution in [3.05, 3.63) is 72.2 Å². The summed E-state index contributed by atoms with van der Waals surface area (Å²) in [6.45, 7) is 1.86. The van der Waals surface area contributed by atoms with E-state index in [1.54, 1.807) is 60.3 Å². The lowest BCUT2D eigenvalue weighted by Crippen LogP contribution is -2.35. The van der Waals surface area contributed by atoms with Crippen molar-refractivity contribution in [2.75, 3.05) is 18.5 Å². The molecule has 0 saturated carbocycles. The molecule has 0 aliphatic heterocycles. The molecule has 0 radical (unpaired) electrons. The van der Waals surface area contributed by atoms with Crippen LogP contribution in [0.15, 0.2) is 60.9 Å². The fourth-order valence-electron chi connectivity index (χ4n) is 2.74. The molecule has 0 bridgehead atoms. The standard InChI is InChI=1S/C22H22N4O5/c1-3-30-16-10-8-15(9-11-16)24-20-17(6-4-12-23-20)22(29)31-14-19(27)25-21(28)18-7-5-13-26(18)2/h4-13H,3,14H2,1-2H3,(H,23,24)(H,25,27,28). The predicted molar refractivity (Wildman–Crippen MR) is 113 cm³/mol. The minimum atomic E-state index is -0.747. The number of pyridine rings is 1. The molecule has 0 aliphatic carbocycles. The maximum atomic E-state index is 12.5. The zero-order valence-corrected chi connectivity index (χ0v) is 17.1. The molecule has 9 heteroatoms. The predicted octanol–water partition coefficient (Wildman–Crippen LogP) is 2.68. The van der Waals surface area contributed by atoms with E-state index in [-0.39, 0.29) is 11.4 Å².